The maximum atomic E-state index is 12.9. The van der Waals surface area contributed by atoms with E-state index in [1.807, 2.05) is 127 Å². The van der Waals surface area contributed by atoms with Gasteiger partial charge in [-0.15, -0.1) is 0 Å². The van der Waals surface area contributed by atoms with Crippen LogP contribution in [0.2, 0.25) is 0 Å². The highest BCUT2D eigenvalue weighted by Gasteiger charge is 2.20. The van der Waals surface area contributed by atoms with Gasteiger partial charge in [-0.3, -0.25) is 13.7 Å². The van der Waals surface area contributed by atoms with E-state index in [0.717, 1.165) is 68.2 Å². The van der Waals surface area contributed by atoms with E-state index in [1.54, 1.807) is 0 Å². The molecule has 3 unspecified atom stereocenters. The molecule has 0 aliphatic rings. The topological polar surface area (TPSA) is 64.2 Å². The molecule has 3 atom stereocenters. The van der Waals surface area contributed by atoms with Gasteiger partial charge in [0, 0.05) is 84.2 Å². The summed E-state index contributed by atoms with van der Waals surface area (Å²) < 4.78 is 38.6. The summed E-state index contributed by atoms with van der Waals surface area (Å²) in [5.41, 5.74) is 11.0. The molecule has 0 aliphatic heterocycles. The Morgan fingerprint density at radius 2 is 0.356 bits per heavy atom. The van der Waals surface area contributed by atoms with Crippen LogP contribution in [0.4, 0.5) is 68.2 Å². The lowest BCUT2D eigenvalue weighted by Crippen LogP contribution is -2.14. The number of para-hydroxylation sites is 3. The van der Waals surface area contributed by atoms with Crippen molar-refractivity contribution in [2.45, 2.75) is 0 Å². The molecule has 0 amide bonds. The van der Waals surface area contributed by atoms with Gasteiger partial charge in [0.05, 0.1) is 0 Å². The van der Waals surface area contributed by atoms with E-state index in [2.05, 4.69) is 129 Å². The fraction of sp³-hybridized carbons (Fsp3) is 0. The Kier molecular flexibility index (Phi) is 17.4. The zero-order chi connectivity index (χ0) is 51.0. The van der Waals surface area contributed by atoms with E-state index in [0.29, 0.717) is 15.9 Å². The summed E-state index contributed by atoms with van der Waals surface area (Å²) in [6, 6.07) is 78.3. The Labute approximate surface area is 458 Å². The van der Waals surface area contributed by atoms with Crippen LogP contribution in [-0.2, 0) is 102 Å². The SMILES string of the molecule is O=P(c1ccc(N(c2ccccc2)c2ccc(N(c3ccc(N(c4ccccc4)c4ccc(P(=O)=S(=S)=S)cc4)cc3)c3ccc(N(c4ccccc4)c4ccc(P(=O)=S(=S)=S)cc4)cc3)cc2)cc1)=S(=S)=S. The summed E-state index contributed by atoms with van der Waals surface area (Å²) >= 11 is 31.1. The highest BCUT2D eigenvalue weighted by molar-refractivity contribution is 8.58. The Hall–Kier alpha value is -5.54. The van der Waals surface area contributed by atoms with E-state index in [9.17, 15) is 13.7 Å². The van der Waals surface area contributed by atoms with E-state index < -0.39 is 41.3 Å². The molecular formula is C54H39N4O3P3S9. The van der Waals surface area contributed by atoms with Crippen LogP contribution in [0.3, 0.4) is 0 Å². The molecule has 9 aromatic rings. The zero-order valence-corrected chi connectivity index (χ0v) is 48.1. The molecule has 73 heavy (non-hydrogen) atoms. The first-order chi connectivity index (χ1) is 35.4. The molecule has 0 N–H and O–H groups in total. The normalized spacial score (nSPS) is 11.4. The molecule has 0 aromatic heterocycles. The second-order valence-electron chi connectivity index (χ2n) is 15.9. The quantitative estimate of drug-likeness (QED) is 0.0917. The second-order valence-corrected chi connectivity index (χ2v) is 38.9. The molecular weight excluding hydrogens is 1130 g/mol. The third-order valence-corrected chi connectivity index (χ3v) is 26.1. The third-order valence-electron chi connectivity index (χ3n) is 11.5. The molecule has 362 valence electrons. The summed E-state index contributed by atoms with van der Waals surface area (Å²) in [5.74, 6) is 0. The molecule has 0 spiro atoms. The molecule has 0 saturated heterocycles. The minimum atomic E-state index is -1.86. The molecule has 0 aliphatic carbocycles. The fourth-order valence-electron chi connectivity index (χ4n) is 8.20. The van der Waals surface area contributed by atoms with Crippen molar-refractivity contribution in [3.05, 3.63) is 237 Å². The summed E-state index contributed by atoms with van der Waals surface area (Å²) in [4.78, 5) is 8.68. The van der Waals surface area contributed by atoms with Crippen LogP contribution in [0.5, 0.6) is 0 Å². The molecule has 0 saturated carbocycles. The first-order valence-corrected chi connectivity index (χ1v) is 36.9. The first-order valence-electron chi connectivity index (χ1n) is 22.1. The number of anilines is 12. The van der Waals surface area contributed by atoms with Crippen molar-refractivity contribution in [3.8, 4) is 0 Å². The highest BCUT2D eigenvalue weighted by atomic mass is 33.2. The van der Waals surface area contributed by atoms with Crippen LogP contribution < -0.4 is 35.5 Å². The summed E-state index contributed by atoms with van der Waals surface area (Å²) in [6.07, 6.45) is 0. The van der Waals surface area contributed by atoms with Crippen LogP contribution in [0.1, 0.15) is 0 Å². The van der Waals surface area contributed by atoms with Crippen molar-refractivity contribution in [3.63, 3.8) is 0 Å². The number of nitrogens with zero attached hydrogens (tertiary/aromatic N) is 4. The Bertz CT molecular complexity index is 3620. The monoisotopic (exact) mass is 1170 g/mol. The third kappa shape index (κ3) is 12.2. The molecule has 9 rings (SSSR count). The molecule has 0 fully saturated rings. The van der Waals surface area contributed by atoms with Gasteiger partial charge in [0.15, 0.2) is 19.7 Å². The van der Waals surface area contributed by atoms with Gasteiger partial charge in [0.1, 0.15) is 0 Å². The molecule has 0 radical (unpaired) electrons. The van der Waals surface area contributed by atoms with Crippen LogP contribution >= 0.6 is 19.7 Å². The lowest BCUT2D eigenvalue weighted by molar-refractivity contribution is 0.601. The van der Waals surface area contributed by atoms with Crippen molar-refractivity contribution in [1.82, 2.24) is 0 Å². The van der Waals surface area contributed by atoms with Gasteiger partial charge in [0.25, 0.3) is 0 Å². The molecule has 0 bridgehead atoms. The fourth-order valence-corrected chi connectivity index (χ4v) is 17.2. The largest absolute Gasteiger partial charge is 0.311 e. The minimum Gasteiger partial charge on any atom is -0.311 e. The predicted molar refractivity (Wildman–Crippen MR) is 333 cm³/mol. The van der Waals surface area contributed by atoms with Gasteiger partial charge in [-0.25, -0.2) is 0 Å². The molecule has 9 aromatic carbocycles. The van der Waals surface area contributed by atoms with Gasteiger partial charge < -0.3 is 19.6 Å². The molecule has 0 heterocycles. The molecule has 7 nitrogen and oxygen atoms in total. The lowest BCUT2D eigenvalue weighted by atomic mass is 10.1. The van der Waals surface area contributed by atoms with E-state index in [4.69, 9.17) is 67.1 Å². The maximum Gasteiger partial charge on any atom is 0.198 e. The van der Waals surface area contributed by atoms with Crippen LogP contribution in [0.25, 0.3) is 0 Å². The van der Waals surface area contributed by atoms with Crippen molar-refractivity contribution in [2.75, 3.05) is 19.6 Å². The minimum absolute atomic E-state index is 0.637. The van der Waals surface area contributed by atoms with Crippen LogP contribution in [-0.4, -0.2) is 0 Å². The lowest BCUT2D eigenvalue weighted by Gasteiger charge is -2.30. The Morgan fingerprint density at radius 3 is 0.507 bits per heavy atom. The zero-order valence-electron chi connectivity index (χ0n) is 38.0. The maximum absolute atomic E-state index is 12.9. The summed E-state index contributed by atoms with van der Waals surface area (Å²) in [7, 11) is -3.20. The van der Waals surface area contributed by atoms with Crippen LogP contribution in [0, 0.1) is 0 Å². The molecule has 19 heteroatoms. The average molecular weight is 1170 g/mol. The van der Waals surface area contributed by atoms with E-state index >= 15 is 0 Å². The van der Waals surface area contributed by atoms with E-state index in [1.165, 1.54) is 0 Å². The Morgan fingerprint density at radius 1 is 0.219 bits per heavy atom. The highest BCUT2D eigenvalue weighted by Crippen LogP contribution is 2.43. The summed E-state index contributed by atoms with van der Waals surface area (Å²) in [6.45, 7) is -5.57. The second kappa shape index (κ2) is 24.2. The van der Waals surface area contributed by atoms with Gasteiger partial charge in [-0.2, -0.15) is 0 Å². The van der Waals surface area contributed by atoms with Crippen molar-refractivity contribution in [2.24, 2.45) is 0 Å². The Balaban J connectivity index is 1.14. The van der Waals surface area contributed by atoms with Gasteiger partial charge in [-0.05, 0) is 271 Å². The first kappa shape index (κ1) is 52.3. The number of hydrogen-bond donors (Lipinski definition) is 0. The number of hydrogen-bond acceptors (Lipinski definition) is 13. The predicted octanol–water partition coefficient (Wildman–Crippen LogP) is 15.3. The summed E-state index contributed by atoms with van der Waals surface area (Å²) in [5, 5.41) is 1.91. The van der Waals surface area contributed by atoms with Crippen molar-refractivity contribution in [1.29, 1.82) is 0 Å². The smallest absolute Gasteiger partial charge is 0.198 e. The van der Waals surface area contributed by atoms with Gasteiger partial charge in [0.2, 0.25) is 0 Å². The van der Waals surface area contributed by atoms with E-state index in [-0.39, 0.29) is 0 Å². The standard InChI is InChI=1S/C54H39N4O3P3S9/c59-62(71(65)66)52-34-28-49(29-35-52)55(40-10-4-1-5-11-40)43-16-22-46(23-17-43)58(47-24-18-44(19-25-47)56(41-12-6-2-7-13-41)50-30-36-53(37-31-50)63(60)72(67)68)48-26-20-45(21-27-48)57(42-14-8-3-9-15-42)51-32-38-54(39-33-51)64(61)73(69)70/h1-39H. The van der Waals surface area contributed by atoms with Crippen molar-refractivity contribution < 1.29 is 13.7 Å². The van der Waals surface area contributed by atoms with Gasteiger partial charge >= 0.3 is 0 Å². The number of rotatable bonds is 15. The number of benzene rings is 9. The van der Waals surface area contributed by atoms with Crippen molar-refractivity contribution >= 4 is 193 Å². The average Bonchev–Trinajstić information content (AvgIpc) is 3.43. The van der Waals surface area contributed by atoms with Crippen LogP contribution in [0.15, 0.2) is 237 Å². The van der Waals surface area contributed by atoms with Gasteiger partial charge in [-0.1, -0.05) is 54.6 Å².